The number of nitriles is 1. The highest BCUT2D eigenvalue weighted by atomic mass is 19.1. The second-order valence-corrected chi connectivity index (χ2v) is 3.89. The van der Waals surface area contributed by atoms with Crippen LogP contribution in [0.25, 0.3) is 0 Å². The van der Waals surface area contributed by atoms with Crippen LogP contribution in [0.1, 0.15) is 11.1 Å². The fourth-order valence-electron chi connectivity index (χ4n) is 1.59. The normalized spacial score (nSPS) is 9.74. The summed E-state index contributed by atoms with van der Waals surface area (Å²) >= 11 is 0. The van der Waals surface area contributed by atoms with Crippen LogP contribution in [0.4, 0.5) is 4.39 Å². The molecule has 0 aliphatic rings. The molecule has 0 bridgehead atoms. The van der Waals surface area contributed by atoms with E-state index in [1.807, 2.05) is 6.07 Å². The Kier molecular flexibility index (Phi) is 3.99. The van der Waals surface area contributed by atoms with Crippen molar-refractivity contribution in [2.24, 2.45) is 0 Å². The van der Waals surface area contributed by atoms with Crippen molar-refractivity contribution in [3.05, 3.63) is 59.4 Å². The van der Waals surface area contributed by atoms with Crippen molar-refractivity contribution >= 4 is 0 Å². The lowest BCUT2D eigenvalue weighted by Crippen LogP contribution is -1.99. The highest BCUT2D eigenvalue weighted by molar-refractivity contribution is 5.36. The Morgan fingerprint density at radius 1 is 1.16 bits per heavy atom. The first-order valence-corrected chi connectivity index (χ1v) is 5.68. The number of methoxy groups -OCH3 is 1. The number of benzene rings is 2. The van der Waals surface area contributed by atoms with Gasteiger partial charge in [0.25, 0.3) is 0 Å². The van der Waals surface area contributed by atoms with E-state index in [0.29, 0.717) is 22.6 Å². The van der Waals surface area contributed by atoms with Crippen LogP contribution in [0.5, 0.6) is 11.5 Å². The Morgan fingerprint density at radius 2 is 2.00 bits per heavy atom. The Bertz CT molecular complexity index is 620. The van der Waals surface area contributed by atoms with E-state index in [2.05, 4.69) is 0 Å². The van der Waals surface area contributed by atoms with Crippen molar-refractivity contribution in [1.82, 2.24) is 0 Å². The molecule has 0 spiro atoms. The monoisotopic (exact) mass is 257 g/mol. The van der Waals surface area contributed by atoms with Gasteiger partial charge in [-0.1, -0.05) is 6.07 Å². The molecule has 0 heterocycles. The van der Waals surface area contributed by atoms with Gasteiger partial charge in [0.2, 0.25) is 0 Å². The fourth-order valence-corrected chi connectivity index (χ4v) is 1.59. The van der Waals surface area contributed by atoms with Gasteiger partial charge in [-0.15, -0.1) is 0 Å². The molecule has 0 saturated carbocycles. The molecular formula is C15H12FNO2. The molecule has 4 heteroatoms. The number of hydrogen-bond acceptors (Lipinski definition) is 3. The summed E-state index contributed by atoms with van der Waals surface area (Å²) in [6.45, 7) is 0.102. The van der Waals surface area contributed by atoms with Crippen LogP contribution in [0.15, 0.2) is 42.5 Å². The Hall–Kier alpha value is -2.54. The van der Waals surface area contributed by atoms with E-state index in [1.54, 1.807) is 36.4 Å². The van der Waals surface area contributed by atoms with E-state index in [4.69, 9.17) is 14.7 Å². The summed E-state index contributed by atoms with van der Waals surface area (Å²) < 4.78 is 24.1. The maximum atomic E-state index is 13.7. The third-order valence-electron chi connectivity index (χ3n) is 2.62. The van der Waals surface area contributed by atoms with Gasteiger partial charge < -0.3 is 9.47 Å². The minimum absolute atomic E-state index is 0.102. The highest BCUT2D eigenvalue weighted by Crippen LogP contribution is 2.19. The van der Waals surface area contributed by atoms with Gasteiger partial charge >= 0.3 is 0 Å². The van der Waals surface area contributed by atoms with Gasteiger partial charge in [0.15, 0.2) is 0 Å². The molecule has 3 nitrogen and oxygen atoms in total. The van der Waals surface area contributed by atoms with Crippen molar-refractivity contribution in [2.45, 2.75) is 6.61 Å². The molecule has 0 radical (unpaired) electrons. The molecule has 0 amide bonds. The zero-order valence-corrected chi connectivity index (χ0v) is 10.4. The number of hydrogen-bond donors (Lipinski definition) is 0. The van der Waals surface area contributed by atoms with Crippen molar-refractivity contribution in [1.29, 1.82) is 5.26 Å². The smallest absolute Gasteiger partial charge is 0.133 e. The predicted molar refractivity (Wildman–Crippen MR) is 68.4 cm³/mol. The third kappa shape index (κ3) is 3.23. The fraction of sp³-hybridized carbons (Fsp3) is 0.133. The molecule has 0 saturated heterocycles. The van der Waals surface area contributed by atoms with Gasteiger partial charge in [-0.2, -0.15) is 5.26 Å². The maximum absolute atomic E-state index is 13.7. The molecule has 0 unspecified atom stereocenters. The number of nitrogens with zero attached hydrogens (tertiary/aromatic N) is 1. The SMILES string of the molecule is COc1ccc(COc2cccc(C#N)c2)c(F)c1. The average Bonchev–Trinajstić information content (AvgIpc) is 2.46. The summed E-state index contributed by atoms with van der Waals surface area (Å²) in [6.07, 6.45) is 0. The summed E-state index contributed by atoms with van der Waals surface area (Å²) in [4.78, 5) is 0. The average molecular weight is 257 g/mol. The Balaban J connectivity index is 2.08. The summed E-state index contributed by atoms with van der Waals surface area (Å²) in [5.74, 6) is 0.623. The lowest BCUT2D eigenvalue weighted by atomic mass is 10.2. The summed E-state index contributed by atoms with van der Waals surface area (Å²) in [5.41, 5.74) is 0.941. The molecule has 0 aromatic heterocycles. The van der Waals surface area contributed by atoms with Gasteiger partial charge in [0, 0.05) is 11.6 Å². The highest BCUT2D eigenvalue weighted by Gasteiger charge is 2.05. The van der Waals surface area contributed by atoms with E-state index in [0.717, 1.165) is 0 Å². The van der Waals surface area contributed by atoms with E-state index < -0.39 is 0 Å². The van der Waals surface area contributed by atoms with Gasteiger partial charge in [-0.3, -0.25) is 0 Å². The van der Waals surface area contributed by atoms with Crippen molar-refractivity contribution in [2.75, 3.05) is 7.11 Å². The standard InChI is InChI=1S/C15H12FNO2/c1-18-13-6-5-12(15(16)8-13)10-19-14-4-2-3-11(7-14)9-17/h2-8H,10H2,1H3. The predicted octanol–water partition coefficient (Wildman–Crippen LogP) is 3.28. The van der Waals surface area contributed by atoms with E-state index in [9.17, 15) is 4.39 Å². The van der Waals surface area contributed by atoms with Crippen LogP contribution in [-0.2, 0) is 6.61 Å². The largest absolute Gasteiger partial charge is 0.497 e. The summed E-state index contributed by atoms with van der Waals surface area (Å²) in [5, 5.41) is 8.77. The first kappa shape index (κ1) is 12.9. The number of ether oxygens (including phenoxy) is 2. The van der Waals surface area contributed by atoms with E-state index in [-0.39, 0.29) is 12.4 Å². The van der Waals surface area contributed by atoms with Gasteiger partial charge in [-0.25, -0.2) is 4.39 Å². The number of rotatable bonds is 4. The summed E-state index contributed by atoms with van der Waals surface area (Å²) in [7, 11) is 1.48. The molecule has 19 heavy (non-hydrogen) atoms. The van der Waals surface area contributed by atoms with E-state index in [1.165, 1.54) is 13.2 Å². The van der Waals surface area contributed by atoms with Crippen LogP contribution in [0, 0.1) is 17.1 Å². The van der Waals surface area contributed by atoms with Gasteiger partial charge in [0.1, 0.15) is 23.9 Å². The molecule has 2 aromatic rings. The van der Waals surface area contributed by atoms with Crippen LogP contribution in [-0.4, -0.2) is 7.11 Å². The van der Waals surface area contributed by atoms with Crippen LogP contribution < -0.4 is 9.47 Å². The van der Waals surface area contributed by atoms with Crippen LogP contribution >= 0.6 is 0 Å². The second kappa shape index (κ2) is 5.87. The molecule has 2 rings (SSSR count). The third-order valence-corrected chi connectivity index (χ3v) is 2.62. The molecular weight excluding hydrogens is 245 g/mol. The minimum atomic E-state index is -0.379. The van der Waals surface area contributed by atoms with Gasteiger partial charge in [-0.05, 0) is 30.3 Å². The zero-order chi connectivity index (χ0) is 13.7. The van der Waals surface area contributed by atoms with Crippen LogP contribution in [0.2, 0.25) is 0 Å². The molecule has 0 aliphatic heterocycles. The Labute approximate surface area is 110 Å². The topological polar surface area (TPSA) is 42.2 Å². The quantitative estimate of drug-likeness (QED) is 0.844. The van der Waals surface area contributed by atoms with Crippen molar-refractivity contribution in [3.63, 3.8) is 0 Å². The molecule has 0 aliphatic carbocycles. The first-order valence-electron chi connectivity index (χ1n) is 5.68. The van der Waals surface area contributed by atoms with Crippen LogP contribution in [0.3, 0.4) is 0 Å². The molecule has 0 fully saturated rings. The molecule has 2 aromatic carbocycles. The zero-order valence-electron chi connectivity index (χ0n) is 10.4. The second-order valence-electron chi connectivity index (χ2n) is 3.89. The molecule has 96 valence electrons. The minimum Gasteiger partial charge on any atom is -0.497 e. The molecule has 0 atom stereocenters. The van der Waals surface area contributed by atoms with Gasteiger partial charge in [0.05, 0.1) is 18.7 Å². The number of halogens is 1. The lowest BCUT2D eigenvalue weighted by molar-refractivity contribution is 0.299. The Morgan fingerprint density at radius 3 is 2.68 bits per heavy atom. The first-order chi connectivity index (χ1) is 9.22. The van der Waals surface area contributed by atoms with Crippen molar-refractivity contribution in [3.8, 4) is 17.6 Å². The van der Waals surface area contributed by atoms with Crippen molar-refractivity contribution < 1.29 is 13.9 Å². The lowest BCUT2D eigenvalue weighted by Gasteiger charge is -2.08. The van der Waals surface area contributed by atoms with E-state index >= 15 is 0 Å². The summed E-state index contributed by atoms with van der Waals surface area (Å²) in [6, 6.07) is 13.4. The maximum Gasteiger partial charge on any atom is 0.133 e. The molecule has 0 N–H and O–H groups in total.